The molecule has 0 aliphatic carbocycles. The van der Waals surface area contributed by atoms with Crippen LogP contribution >= 0.6 is 0 Å². The largest absolute Gasteiger partial charge is 0.504 e. The second-order valence-electron chi connectivity index (χ2n) is 22.7. The number of ketones is 2. The van der Waals surface area contributed by atoms with E-state index in [-0.39, 0.29) is 91.7 Å². The van der Waals surface area contributed by atoms with E-state index in [0.29, 0.717) is 36.5 Å². The van der Waals surface area contributed by atoms with Crippen LogP contribution in [0.5, 0.6) is 40.2 Å². The van der Waals surface area contributed by atoms with Crippen LogP contribution in [0.1, 0.15) is 176 Å². The molecule has 6 aromatic rings. The zero-order valence-corrected chi connectivity index (χ0v) is 53.6. The van der Waals surface area contributed by atoms with Gasteiger partial charge in [-0.2, -0.15) is 4.57 Å². The lowest BCUT2D eigenvalue weighted by atomic mass is 10.1. The van der Waals surface area contributed by atoms with Crippen molar-refractivity contribution in [3.8, 4) is 40.2 Å². The second kappa shape index (κ2) is 37.1. The van der Waals surface area contributed by atoms with E-state index in [0.717, 1.165) is 34.6 Å². The lowest BCUT2D eigenvalue weighted by Gasteiger charge is -2.09. The highest BCUT2D eigenvalue weighted by atomic mass is 16.3. The van der Waals surface area contributed by atoms with Crippen molar-refractivity contribution in [2.45, 2.75) is 166 Å². The van der Waals surface area contributed by atoms with Gasteiger partial charge in [0.1, 0.15) is 12.1 Å². The monoisotopic (exact) mass is 1230 g/mol. The summed E-state index contributed by atoms with van der Waals surface area (Å²) >= 11 is 0. The molecule has 88 heavy (non-hydrogen) atoms. The summed E-state index contributed by atoms with van der Waals surface area (Å²) in [4.78, 5) is 86.5. The number of carbonyl (C=O) groups is 2. The van der Waals surface area contributed by atoms with Crippen LogP contribution in [0, 0.1) is 0 Å². The van der Waals surface area contributed by atoms with E-state index in [1.54, 1.807) is 41.8 Å². The van der Waals surface area contributed by atoms with E-state index in [9.17, 15) is 33.6 Å². The highest BCUT2D eigenvalue weighted by molar-refractivity contribution is 6.33. The first-order valence-electron chi connectivity index (χ1n) is 28.7. The molecular formula is C65H93N8O15+3. The quantitative estimate of drug-likeness (QED) is 0.0636. The Kier molecular flexibility index (Phi) is 32.3. The van der Waals surface area contributed by atoms with Gasteiger partial charge < -0.3 is 65.4 Å². The summed E-state index contributed by atoms with van der Waals surface area (Å²) in [6.07, 6.45) is 19.0. The Bertz CT molecular complexity index is 3450. The van der Waals surface area contributed by atoms with E-state index >= 15 is 0 Å². The van der Waals surface area contributed by atoms with Crippen molar-refractivity contribution in [2.24, 2.45) is 0 Å². The third-order valence-corrected chi connectivity index (χ3v) is 12.9. The number of aliphatic hydroxyl groups excluding tert-OH is 1. The SMILES string of the molecule is CC(C)[N+]1=CC=C(O)C(=O)C1.CC(C)[n+]1ccc(O)c(O)c1.CC(C)c1c[nH]c(=O)c(O)c1.CC(C)c1c[nH]c(=O)c(O)c1.CC(C)c1cc(=O)c(O)c[nH]1.CC(C)c1cc(=O)c(O)c[nH]1.CC(C)n1ccc(=O)c(O)c1.CC1=CC[N+](C(C)C)=CC1=O. The molecular weight excluding hydrogens is 1130 g/mol. The minimum atomic E-state index is -0.436. The lowest BCUT2D eigenvalue weighted by Crippen LogP contribution is -2.34. The fraction of sp³-hybridized carbons (Fsp3) is 0.415. The van der Waals surface area contributed by atoms with E-state index < -0.39 is 11.1 Å². The van der Waals surface area contributed by atoms with Gasteiger partial charge in [-0.3, -0.25) is 33.6 Å². The molecule has 0 atom stereocenters. The zero-order chi connectivity index (χ0) is 67.4. The van der Waals surface area contributed by atoms with Gasteiger partial charge in [0.25, 0.3) is 16.9 Å². The fourth-order valence-electron chi connectivity index (χ4n) is 6.81. The molecule has 0 unspecified atom stereocenters. The van der Waals surface area contributed by atoms with Crippen molar-refractivity contribution in [2.75, 3.05) is 13.1 Å². The van der Waals surface area contributed by atoms with E-state index in [2.05, 4.69) is 33.8 Å². The molecule has 0 amide bonds. The van der Waals surface area contributed by atoms with Crippen LogP contribution in [-0.2, 0) is 9.59 Å². The topological polar surface area (TPSA) is 359 Å². The molecule has 0 saturated heterocycles. The van der Waals surface area contributed by atoms with Crippen molar-refractivity contribution in [3.63, 3.8) is 0 Å². The third-order valence-electron chi connectivity index (χ3n) is 12.9. The molecule has 8 rings (SSSR count). The van der Waals surface area contributed by atoms with Crippen molar-refractivity contribution in [3.05, 3.63) is 183 Å². The Balaban J connectivity index is 0.000000503. The maximum absolute atomic E-state index is 11.1. The molecule has 0 spiro atoms. The van der Waals surface area contributed by atoms with Gasteiger partial charge in [0.15, 0.2) is 65.3 Å². The van der Waals surface area contributed by atoms with Crippen LogP contribution in [-0.4, -0.2) is 124 Å². The molecule has 480 valence electrons. The minimum absolute atomic E-state index is 0.0816. The Labute approximate surface area is 513 Å². The van der Waals surface area contributed by atoms with Crippen molar-refractivity contribution in [1.82, 2.24) is 24.5 Å². The first kappa shape index (κ1) is 76.5. The van der Waals surface area contributed by atoms with E-state index in [1.807, 2.05) is 124 Å². The summed E-state index contributed by atoms with van der Waals surface area (Å²) in [6.45, 7) is 35.0. The summed E-state index contributed by atoms with van der Waals surface area (Å²) in [5.74, 6) is -0.240. The Morgan fingerprint density at radius 3 is 1.30 bits per heavy atom. The number of allylic oxidation sites excluding steroid dienone is 2. The zero-order valence-electron chi connectivity index (χ0n) is 53.6. The Morgan fingerprint density at radius 1 is 0.489 bits per heavy atom. The van der Waals surface area contributed by atoms with Crippen LogP contribution in [0.2, 0.25) is 0 Å². The highest BCUT2D eigenvalue weighted by Crippen LogP contribution is 2.21. The molecule has 0 fully saturated rings. The predicted molar refractivity (Wildman–Crippen MR) is 342 cm³/mol. The van der Waals surface area contributed by atoms with E-state index in [1.165, 1.54) is 67.3 Å². The third kappa shape index (κ3) is 27.2. The summed E-state index contributed by atoms with van der Waals surface area (Å²) in [6, 6.07) is 9.92. The number of nitrogens with zero attached hydrogens (tertiary/aromatic N) is 4. The van der Waals surface area contributed by atoms with E-state index in [4.69, 9.17) is 40.9 Å². The average molecular weight is 1230 g/mol. The molecule has 8 heterocycles. The molecule has 0 bridgehead atoms. The van der Waals surface area contributed by atoms with Crippen molar-refractivity contribution >= 4 is 24.0 Å². The van der Waals surface area contributed by atoms with Gasteiger partial charge in [-0.1, -0.05) is 55.4 Å². The minimum Gasteiger partial charge on any atom is -0.504 e. The van der Waals surface area contributed by atoms with Crippen LogP contribution in [0.4, 0.5) is 0 Å². The van der Waals surface area contributed by atoms with Crippen LogP contribution in [0.15, 0.2) is 133 Å². The lowest BCUT2D eigenvalue weighted by molar-refractivity contribution is -0.716. The summed E-state index contributed by atoms with van der Waals surface area (Å²) in [5, 5.41) is 71.8. The molecule has 6 aromatic heterocycles. The number of aromatic hydroxyl groups is 7. The number of carbonyl (C=O) groups excluding carboxylic acids is 2. The molecule has 2 aliphatic heterocycles. The number of aromatic amines is 4. The van der Waals surface area contributed by atoms with Crippen LogP contribution in [0.25, 0.3) is 0 Å². The number of pyridine rings is 6. The summed E-state index contributed by atoms with van der Waals surface area (Å²) < 4.78 is 7.50. The fourth-order valence-corrected chi connectivity index (χ4v) is 6.81. The smallest absolute Gasteiger partial charge is 0.290 e. The maximum atomic E-state index is 11.1. The Hall–Kier alpha value is -9.54. The van der Waals surface area contributed by atoms with Crippen LogP contribution < -0.4 is 32.0 Å². The van der Waals surface area contributed by atoms with Gasteiger partial charge in [-0.25, -0.2) is 9.15 Å². The number of aromatic nitrogens is 6. The molecule has 23 heteroatoms. The normalized spacial score (nSPS) is 12.4. The number of Topliss-reactive ketones (excluding diaryl/α,β-unsaturated/α-hetero) is 2. The standard InChI is InChI=1S/C9H14NO.7C8H11NO2/c1-7(2)10-5-4-8(3)9(11)6-10;2*1-5(2)6-3-7(10)8(11)4-9-6;2*1-5(2)6-3-7(10)8(11)9-4-6;3*1-6(2)9-4-3-7(10)8(11)5-9/h4,6-7H,5H2,1-3H3;2*3-5,11H,1-2H3,(H,9,10);2*3-5,10H,1-2H3,(H,9,11);3-4,6H,5H2,1-2H3;2*3-6,11H,1-2H3/q+1;;;;;;;/p+2. The number of hydrogen-bond acceptors (Lipinski definition) is 15. The molecule has 0 radical (unpaired) electrons. The summed E-state index contributed by atoms with van der Waals surface area (Å²) in [5.41, 5.74) is 2.55. The van der Waals surface area contributed by atoms with Gasteiger partial charge in [-0.15, -0.1) is 0 Å². The first-order valence-corrected chi connectivity index (χ1v) is 28.7. The van der Waals surface area contributed by atoms with Crippen molar-refractivity contribution < 1.29 is 64.2 Å². The average Bonchev–Trinajstić information content (AvgIpc) is 3.54. The number of aliphatic hydroxyl groups is 1. The molecule has 23 nitrogen and oxygen atoms in total. The van der Waals surface area contributed by atoms with Gasteiger partial charge in [0.2, 0.25) is 46.8 Å². The number of nitrogens with one attached hydrogen (secondary N) is 4. The second-order valence-corrected chi connectivity index (χ2v) is 22.7. The van der Waals surface area contributed by atoms with Gasteiger partial charge in [0, 0.05) is 84.3 Å². The predicted octanol–water partition coefficient (Wildman–Crippen LogP) is 8.43. The van der Waals surface area contributed by atoms with Gasteiger partial charge in [0.05, 0.1) is 6.20 Å². The maximum Gasteiger partial charge on any atom is 0.290 e. The van der Waals surface area contributed by atoms with Crippen LogP contribution in [0.3, 0.4) is 0 Å². The van der Waals surface area contributed by atoms with Gasteiger partial charge in [-0.05, 0) is 115 Å². The first-order chi connectivity index (χ1) is 40.9. The number of hydrogen-bond donors (Lipinski definition) is 12. The molecule has 12 N–H and O–H groups in total. The summed E-state index contributed by atoms with van der Waals surface area (Å²) in [7, 11) is 0. The molecule has 2 aliphatic rings. The Morgan fingerprint density at radius 2 is 0.955 bits per heavy atom. The van der Waals surface area contributed by atoms with Gasteiger partial charge >= 0.3 is 0 Å². The number of H-pyrrole nitrogens is 4. The van der Waals surface area contributed by atoms with Crippen molar-refractivity contribution in [1.29, 1.82) is 0 Å². The number of rotatable bonds is 8. The molecule has 0 aromatic carbocycles. The highest BCUT2D eigenvalue weighted by Gasteiger charge is 2.22. The molecule has 0 saturated carbocycles.